The van der Waals surface area contributed by atoms with E-state index in [1.165, 1.54) is 18.5 Å². The van der Waals surface area contributed by atoms with Crippen molar-refractivity contribution in [2.75, 3.05) is 11.9 Å². The first kappa shape index (κ1) is 11.8. The minimum Gasteiger partial charge on any atom is -0.329 e. The Labute approximate surface area is 104 Å². The van der Waals surface area contributed by atoms with Crippen LogP contribution in [-0.2, 0) is 0 Å². The minimum absolute atomic E-state index is 0.264. The molecule has 1 heterocycles. The molecule has 5 heteroatoms. The molecule has 0 radical (unpaired) electrons. The molecule has 0 N–H and O–H groups in total. The number of nitrogens with zero attached hydrogens (tertiary/aromatic N) is 3. The number of hydrogen-bond acceptors (Lipinski definition) is 3. The van der Waals surface area contributed by atoms with Gasteiger partial charge in [-0.1, -0.05) is 11.6 Å². The molecule has 1 aromatic heterocycles. The first-order valence-electron chi connectivity index (χ1n) is 5.06. The molecule has 2 rings (SSSR count). The van der Waals surface area contributed by atoms with Crippen molar-refractivity contribution in [3.8, 4) is 0 Å². The lowest BCUT2D eigenvalue weighted by Gasteiger charge is -2.20. The first-order valence-corrected chi connectivity index (χ1v) is 5.44. The van der Waals surface area contributed by atoms with Gasteiger partial charge in [-0.3, -0.25) is 0 Å². The molecule has 2 aromatic rings. The summed E-state index contributed by atoms with van der Waals surface area (Å²) in [5, 5.41) is 0.420. The summed E-state index contributed by atoms with van der Waals surface area (Å²) in [7, 11) is 1.85. The lowest BCUT2D eigenvalue weighted by Crippen LogP contribution is -2.13. The second-order valence-electron chi connectivity index (χ2n) is 3.65. The number of aromatic nitrogens is 2. The summed E-state index contributed by atoms with van der Waals surface area (Å²) < 4.78 is 12.8. The first-order chi connectivity index (χ1) is 8.09. The van der Waals surface area contributed by atoms with Gasteiger partial charge in [-0.2, -0.15) is 0 Å². The van der Waals surface area contributed by atoms with Gasteiger partial charge in [-0.25, -0.2) is 14.4 Å². The maximum Gasteiger partial charge on any atom is 0.140 e. The van der Waals surface area contributed by atoms with Crippen LogP contribution >= 0.6 is 11.6 Å². The molecule has 0 aliphatic carbocycles. The van der Waals surface area contributed by atoms with Crippen molar-refractivity contribution >= 4 is 23.1 Å². The lowest BCUT2D eigenvalue weighted by atomic mass is 10.2. The fraction of sp³-hybridized carbons (Fsp3) is 0.167. The fourth-order valence-electron chi connectivity index (χ4n) is 1.55. The molecule has 3 nitrogen and oxygen atoms in total. The molecule has 0 atom stereocenters. The maximum absolute atomic E-state index is 12.8. The molecule has 0 spiro atoms. The molecule has 0 aliphatic heterocycles. The van der Waals surface area contributed by atoms with Gasteiger partial charge in [0.15, 0.2) is 0 Å². The van der Waals surface area contributed by atoms with E-state index in [0.29, 0.717) is 11.0 Å². The molecule has 0 aliphatic rings. The third-order valence-electron chi connectivity index (χ3n) is 2.53. The summed E-state index contributed by atoms with van der Waals surface area (Å²) in [6, 6.07) is 6.18. The highest BCUT2D eigenvalue weighted by molar-refractivity contribution is 6.30. The van der Waals surface area contributed by atoms with Crippen molar-refractivity contribution in [3.05, 3.63) is 47.1 Å². The van der Waals surface area contributed by atoms with E-state index in [1.54, 1.807) is 12.1 Å². The summed E-state index contributed by atoms with van der Waals surface area (Å²) in [5.74, 6) is 0.441. The summed E-state index contributed by atoms with van der Waals surface area (Å²) in [6.45, 7) is 1.84. The Hall–Kier alpha value is -1.68. The third-order valence-corrected chi connectivity index (χ3v) is 2.91. The van der Waals surface area contributed by atoms with E-state index in [-0.39, 0.29) is 5.82 Å². The lowest BCUT2D eigenvalue weighted by molar-refractivity contribution is 0.628. The van der Waals surface area contributed by atoms with Crippen LogP contribution in [0, 0.1) is 12.7 Å². The van der Waals surface area contributed by atoms with Crippen molar-refractivity contribution in [1.82, 2.24) is 9.97 Å². The van der Waals surface area contributed by atoms with Crippen LogP contribution in [0.25, 0.3) is 0 Å². The Morgan fingerprint density at radius 2 is 1.82 bits per heavy atom. The maximum atomic E-state index is 12.8. The Kier molecular flexibility index (Phi) is 3.24. The predicted octanol–water partition coefficient (Wildman–Crippen LogP) is 3.35. The van der Waals surface area contributed by atoms with Gasteiger partial charge in [0, 0.05) is 18.3 Å². The molecule has 17 heavy (non-hydrogen) atoms. The Bertz CT molecular complexity index is 528. The quantitative estimate of drug-likeness (QED) is 0.767. The van der Waals surface area contributed by atoms with E-state index in [1.807, 2.05) is 18.9 Å². The van der Waals surface area contributed by atoms with Crippen LogP contribution in [0.3, 0.4) is 0 Å². The van der Waals surface area contributed by atoms with Gasteiger partial charge in [0.25, 0.3) is 0 Å². The Morgan fingerprint density at radius 3 is 2.47 bits per heavy atom. The molecule has 0 amide bonds. The highest BCUT2D eigenvalue weighted by atomic mass is 35.5. The summed E-state index contributed by atoms with van der Waals surface area (Å²) in [6.07, 6.45) is 1.41. The standard InChI is InChI=1S/C12H11ClFN3/c1-8-11(13)15-7-16-12(8)17(2)10-5-3-9(14)4-6-10/h3-7H,1-2H3. The zero-order valence-corrected chi connectivity index (χ0v) is 10.2. The molecular formula is C12H11ClFN3. The number of anilines is 2. The smallest absolute Gasteiger partial charge is 0.140 e. The Morgan fingerprint density at radius 1 is 1.18 bits per heavy atom. The fourth-order valence-corrected chi connectivity index (χ4v) is 1.67. The summed E-state index contributed by atoms with van der Waals surface area (Å²) >= 11 is 5.93. The summed E-state index contributed by atoms with van der Waals surface area (Å²) in [5.41, 5.74) is 1.63. The molecule has 0 fully saturated rings. The highest BCUT2D eigenvalue weighted by Crippen LogP contribution is 2.27. The van der Waals surface area contributed by atoms with E-state index in [9.17, 15) is 4.39 Å². The largest absolute Gasteiger partial charge is 0.329 e. The van der Waals surface area contributed by atoms with Crippen molar-refractivity contribution < 1.29 is 4.39 Å². The molecule has 0 saturated carbocycles. The highest BCUT2D eigenvalue weighted by Gasteiger charge is 2.11. The van der Waals surface area contributed by atoms with Gasteiger partial charge in [0.1, 0.15) is 23.1 Å². The van der Waals surface area contributed by atoms with Crippen LogP contribution in [-0.4, -0.2) is 17.0 Å². The molecular weight excluding hydrogens is 241 g/mol. The van der Waals surface area contributed by atoms with Crippen molar-refractivity contribution in [2.24, 2.45) is 0 Å². The molecule has 1 aromatic carbocycles. The van der Waals surface area contributed by atoms with Gasteiger partial charge in [0.05, 0.1) is 0 Å². The van der Waals surface area contributed by atoms with Crippen LogP contribution in [0.5, 0.6) is 0 Å². The van der Waals surface area contributed by atoms with Crippen LogP contribution in [0.4, 0.5) is 15.9 Å². The van der Waals surface area contributed by atoms with Crippen LogP contribution in [0.1, 0.15) is 5.56 Å². The summed E-state index contributed by atoms with van der Waals surface area (Å²) in [4.78, 5) is 9.91. The van der Waals surface area contributed by atoms with Gasteiger partial charge in [-0.05, 0) is 31.2 Å². The zero-order valence-electron chi connectivity index (χ0n) is 9.48. The van der Waals surface area contributed by atoms with Gasteiger partial charge in [0.2, 0.25) is 0 Å². The number of halogens is 2. The second-order valence-corrected chi connectivity index (χ2v) is 4.01. The topological polar surface area (TPSA) is 29.0 Å². The average Bonchev–Trinajstić information content (AvgIpc) is 2.33. The number of benzene rings is 1. The zero-order chi connectivity index (χ0) is 12.4. The Balaban J connectivity index is 2.40. The van der Waals surface area contributed by atoms with Gasteiger partial charge in [-0.15, -0.1) is 0 Å². The van der Waals surface area contributed by atoms with E-state index in [2.05, 4.69) is 9.97 Å². The monoisotopic (exact) mass is 251 g/mol. The second kappa shape index (κ2) is 4.67. The van der Waals surface area contributed by atoms with E-state index >= 15 is 0 Å². The predicted molar refractivity (Wildman–Crippen MR) is 66.2 cm³/mol. The third kappa shape index (κ3) is 2.36. The van der Waals surface area contributed by atoms with Crippen molar-refractivity contribution in [2.45, 2.75) is 6.92 Å². The van der Waals surface area contributed by atoms with Crippen LogP contribution in [0.2, 0.25) is 5.15 Å². The SMILES string of the molecule is Cc1c(Cl)ncnc1N(C)c1ccc(F)cc1. The molecule has 0 saturated heterocycles. The normalized spacial score (nSPS) is 10.4. The van der Waals surface area contributed by atoms with E-state index in [0.717, 1.165) is 11.3 Å². The van der Waals surface area contributed by atoms with Crippen molar-refractivity contribution in [1.29, 1.82) is 0 Å². The average molecular weight is 252 g/mol. The van der Waals surface area contributed by atoms with Gasteiger partial charge >= 0.3 is 0 Å². The van der Waals surface area contributed by atoms with Crippen molar-refractivity contribution in [3.63, 3.8) is 0 Å². The van der Waals surface area contributed by atoms with Crippen LogP contribution in [0.15, 0.2) is 30.6 Å². The minimum atomic E-state index is -0.264. The number of hydrogen-bond donors (Lipinski definition) is 0. The molecule has 88 valence electrons. The van der Waals surface area contributed by atoms with E-state index in [4.69, 9.17) is 11.6 Å². The molecule has 0 unspecified atom stereocenters. The van der Waals surface area contributed by atoms with Crippen LogP contribution < -0.4 is 4.90 Å². The van der Waals surface area contributed by atoms with Gasteiger partial charge < -0.3 is 4.90 Å². The molecule has 0 bridgehead atoms. The number of rotatable bonds is 2. The van der Waals surface area contributed by atoms with E-state index < -0.39 is 0 Å².